The molecule has 2 rings (SSSR count). The standard InChI is InChI=1S/C9H10BrNO/c1-11-5-7-6(9(11)10)3-2-4-8(7)12/h5H,2-4H2,1H3. The zero-order valence-electron chi connectivity index (χ0n) is 6.93. The minimum Gasteiger partial charge on any atom is -0.344 e. The molecular weight excluding hydrogens is 218 g/mol. The van der Waals surface area contributed by atoms with Crippen molar-refractivity contribution in [2.24, 2.45) is 7.05 Å². The second-order valence-electron chi connectivity index (χ2n) is 3.20. The van der Waals surface area contributed by atoms with Gasteiger partial charge in [-0.15, -0.1) is 0 Å². The number of ketones is 1. The molecule has 0 aliphatic heterocycles. The van der Waals surface area contributed by atoms with Crippen LogP contribution in [0.15, 0.2) is 10.8 Å². The van der Waals surface area contributed by atoms with Crippen LogP contribution in [0.2, 0.25) is 0 Å². The van der Waals surface area contributed by atoms with Gasteiger partial charge in [0, 0.05) is 25.2 Å². The molecule has 0 atom stereocenters. The maximum absolute atomic E-state index is 11.4. The first-order valence-corrected chi connectivity index (χ1v) is 4.86. The van der Waals surface area contributed by atoms with Gasteiger partial charge in [0.1, 0.15) is 0 Å². The van der Waals surface area contributed by atoms with Crippen molar-refractivity contribution < 1.29 is 4.79 Å². The molecule has 1 aliphatic carbocycles. The number of fused-ring (bicyclic) bond motifs is 1. The van der Waals surface area contributed by atoms with E-state index in [1.165, 1.54) is 5.56 Å². The zero-order chi connectivity index (χ0) is 8.72. The summed E-state index contributed by atoms with van der Waals surface area (Å²) in [6.07, 6.45) is 4.65. The smallest absolute Gasteiger partial charge is 0.164 e. The number of hydrogen-bond donors (Lipinski definition) is 0. The van der Waals surface area contributed by atoms with Crippen LogP contribution < -0.4 is 0 Å². The quantitative estimate of drug-likeness (QED) is 0.667. The highest BCUT2D eigenvalue weighted by Crippen LogP contribution is 2.29. The number of nitrogens with zero attached hydrogens (tertiary/aromatic N) is 1. The van der Waals surface area contributed by atoms with Crippen LogP contribution in [-0.2, 0) is 13.5 Å². The van der Waals surface area contributed by atoms with Gasteiger partial charge in [0.15, 0.2) is 5.78 Å². The summed E-state index contributed by atoms with van der Waals surface area (Å²) < 4.78 is 3.03. The Balaban J connectivity index is 2.60. The highest BCUT2D eigenvalue weighted by atomic mass is 79.9. The average molecular weight is 228 g/mol. The highest BCUT2D eigenvalue weighted by Gasteiger charge is 2.21. The van der Waals surface area contributed by atoms with E-state index in [0.717, 1.165) is 23.0 Å². The van der Waals surface area contributed by atoms with Gasteiger partial charge in [0.2, 0.25) is 0 Å². The van der Waals surface area contributed by atoms with E-state index in [1.54, 1.807) is 0 Å². The molecule has 2 nitrogen and oxygen atoms in total. The van der Waals surface area contributed by atoms with E-state index < -0.39 is 0 Å². The van der Waals surface area contributed by atoms with E-state index in [4.69, 9.17) is 0 Å². The molecule has 1 aliphatic rings. The van der Waals surface area contributed by atoms with Gasteiger partial charge >= 0.3 is 0 Å². The Kier molecular flexibility index (Phi) is 1.83. The first kappa shape index (κ1) is 8.05. The maximum Gasteiger partial charge on any atom is 0.164 e. The molecular formula is C9H10BrNO. The molecule has 1 heterocycles. The summed E-state index contributed by atoms with van der Waals surface area (Å²) in [5.41, 5.74) is 2.10. The monoisotopic (exact) mass is 227 g/mol. The highest BCUT2D eigenvalue weighted by molar-refractivity contribution is 9.10. The van der Waals surface area contributed by atoms with E-state index in [1.807, 2.05) is 17.8 Å². The second kappa shape index (κ2) is 2.73. The van der Waals surface area contributed by atoms with Crippen molar-refractivity contribution in [3.8, 4) is 0 Å². The Morgan fingerprint density at radius 1 is 1.50 bits per heavy atom. The van der Waals surface area contributed by atoms with Gasteiger partial charge in [-0.2, -0.15) is 0 Å². The van der Waals surface area contributed by atoms with Gasteiger partial charge in [-0.05, 0) is 34.3 Å². The molecule has 0 aromatic carbocycles. The number of Topliss-reactive ketones (excluding diaryl/α,β-unsaturated/α-hetero) is 1. The van der Waals surface area contributed by atoms with E-state index >= 15 is 0 Å². The minimum atomic E-state index is 0.289. The van der Waals surface area contributed by atoms with Gasteiger partial charge in [0.05, 0.1) is 4.60 Å². The van der Waals surface area contributed by atoms with Crippen LogP contribution in [0.5, 0.6) is 0 Å². The third-order valence-electron chi connectivity index (χ3n) is 2.34. The van der Waals surface area contributed by atoms with Crippen LogP contribution >= 0.6 is 15.9 Å². The fraction of sp³-hybridized carbons (Fsp3) is 0.444. The van der Waals surface area contributed by atoms with Crippen LogP contribution in [0.25, 0.3) is 0 Å². The number of aromatic nitrogens is 1. The van der Waals surface area contributed by atoms with E-state index in [2.05, 4.69) is 15.9 Å². The van der Waals surface area contributed by atoms with Crippen molar-refractivity contribution in [1.29, 1.82) is 0 Å². The summed E-state index contributed by atoms with van der Waals surface area (Å²) in [6, 6.07) is 0. The lowest BCUT2D eigenvalue weighted by Gasteiger charge is -2.09. The van der Waals surface area contributed by atoms with Crippen LogP contribution in [0.1, 0.15) is 28.8 Å². The van der Waals surface area contributed by atoms with Crippen LogP contribution in [-0.4, -0.2) is 10.4 Å². The van der Waals surface area contributed by atoms with Crippen LogP contribution in [0.4, 0.5) is 0 Å². The lowest BCUT2D eigenvalue weighted by atomic mass is 9.95. The minimum absolute atomic E-state index is 0.289. The molecule has 0 spiro atoms. The van der Waals surface area contributed by atoms with Crippen molar-refractivity contribution in [2.45, 2.75) is 19.3 Å². The second-order valence-corrected chi connectivity index (χ2v) is 3.95. The molecule has 0 saturated heterocycles. The Morgan fingerprint density at radius 2 is 2.25 bits per heavy atom. The number of carbonyl (C=O) groups excluding carboxylic acids is 1. The Hall–Kier alpha value is -0.570. The molecule has 1 aromatic rings. The fourth-order valence-electron chi connectivity index (χ4n) is 1.69. The first-order valence-electron chi connectivity index (χ1n) is 4.07. The van der Waals surface area contributed by atoms with Gasteiger partial charge in [-0.1, -0.05) is 0 Å². The molecule has 64 valence electrons. The fourth-order valence-corrected chi connectivity index (χ4v) is 2.20. The summed E-state index contributed by atoms with van der Waals surface area (Å²) in [7, 11) is 1.95. The van der Waals surface area contributed by atoms with E-state index in [0.29, 0.717) is 6.42 Å². The normalized spacial score (nSPS) is 16.3. The van der Waals surface area contributed by atoms with Gasteiger partial charge in [-0.3, -0.25) is 4.79 Å². The number of rotatable bonds is 0. The molecule has 0 unspecified atom stereocenters. The number of hydrogen-bond acceptors (Lipinski definition) is 1. The molecule has 3 heteroatoms. The van der Waals surface area contributed by atoms with Crippen molar-refractivity contribution in [3.05, 3.63) is 21.9 Å². The number of carbonyl (C=O) groups is 1. The molecule has 1 aromatic heterocycles. The van der Waals surface area contributed by atoms with Crippen molar-refractivity contribution in [1.82, 2.24) is 4.57 Å². The summed E-state index contributed by atoms with van der Waals surface area (Å²) in [5, 5.41) is 0. The van der Waals surface area contributed by atoms with E-state index in [-0.39, 0.29) is 5.78 Å². The predicted molar refractivity (Wildman–Crippen MR) is 50.4 cm³/mol. The largest absolute Gasteiger partial charge is 0.344 e. The summed E-state index contributed by atoms with van der Waals surface area (Å²) >= 11 is 3.47. The summed E-state index contributed by atoms with van der Waals surface area (Å²) in [6.45, 7) is 0. The Bertz CT molecular complexity index is 341. The predicted octanol–water partition coefficient (Wildman–Crippen LogP) is 2.31. The topological polar surface area (TPSA) is 22.0 Å². The van der Waals surface area contributed by atoms with Crippen molar-refractivity contribution in [2.75, 3.05) is 0 Å². The SMILES string of the molecule is Cn1cc2c(c1Br)CCCC2=O. The Morgan fingerprint density at radius 3 is 2.92 bits per heavy atom. The maximum atomic E-state index is 11.4. The van der Waals surface area contributed by atoms with Gasteiger partial charge in [-0.25, -0.2) is 0 Å². The number of aryl methyl sites for hydroxylation is 1. The van der Waals surface area contributed by atoms with Gasteiger partial charge < -0.3 is 4.57 Å². The molecule has 12 heavy (non-hydrogen) atoms. The molecule has 0 N–H and O–H groups in total. The zero-order valence-corrected chi connectivity index (χ0v) is 8.52. The number of halogens is 1. The first-order chi connectivity index (χ1) is 5.70. The van der Waals surface area contributed by atoms with Crippen molar-refractivity contribution in [3.63, 3.8) is 0 Å². The van der Waals surface area contributed by atoms with Crippen molar-refractivity contribution >= 4 is 21.7 Å². The summed E-state index contributed by atoms with van der Waals surface area (Å²) in [4.78, 5) is 11.4. The van der Waals surface area contributed by atoms with Crippen LogP contribution in [0, 0.1) is 0 Å². The Labute approximate surface area is 79.7 Å². The van der Waals surface area contributed by atoms with Gasteiger partial charge in [0.25, 0.3) is 0 Å². The molecule has 0 radical (unpaired) electrons. The third-order valence-corrected chi connectivity index (χ3v) is 3.38. The molecule has 0 saturated carbocycles. The molecule has 0 amide bonds. The molecule has 0 bridgehead atoms. The van der Waals surface area contributed by atoms with E-state index in [9.17, 15) is 4.79 Å². The van der Waals surface area contributed by atoms with Crippen LogP contribution in [0.3, 0.4) is 0 Å². The summed E-state index contributed by atoms with van der Waals surface area (Å²) in [5.74, 6) is 0.289. The average Bonchev–Trinajstić information content (AvgIpc) is 2.32. The lowest BCUT2D eigenvalue weighted by Crippen LogP contribution is -2.07. The third kappa shape index (κ3) is 1.04. The lowest BCUT2D eigenvalue weighted by molar-refractivity contribution is 0.0973. The molecule has 0 fully saturated rings.